The van der Waals surface area contributed by atoms with Crippen LogP contribution in [0.25, 0.3) is 5.83 Å². The second-order valence-electron chi connectivity index (χ2n) is 4.21. The van der Waals surface area contributed by atoms with Crippen LogP contribution < -0.4 is 0 Å². The minimum absolute atomic E-state index is 0.120. The van der Waals surface area contributed by atoms with E-state index in [1.165, 1.54) is 24.3 Å². The van der Waals surface area contributed by atoms with Crippen LogP contribution in [0.2, 0.25) is 5.02 Å². The highest BCUT2D eigenvalue weighted by Crippen LogP contribution is 2.29. The Morgan fingerprint density at radius 2 is 2.05 bits per heavy atom. The molecule has 5 heteroatoms. The molecule has 0 aliphatic rings. The lowest BCUT2D eigenvalue weighted by Gasteiger charge is -2.02. The molecule has 3 nitrogen and oxygen atoms in total. The van der Waals surface area contributed by atoms with Gasteiger partial charge in [0, 0.05) is 11.4 Å². The van der Waals surface area contributed by atoms with Crippen LogP contribution in [0.5, 0.6) is 5.75 Å². The highest BCUT2D eigenvalue weighted by Gasteiger charge is 2.06. The molecule has 0 saturated carbocycles. The molecule has 0 aromatic heterocycles. The number of hydrogen-bond acceptors (Lipinski definition) is 2. The monoisotopic (exact) mass is 286 g/mol. The molecule has 0 aliphatic heterocycles. The van der Waals surface area contributed by atoms with Gasteiger partial charge in [-0.3, -0.25) is 4.79 Å². The summed E-state index contributed by atoms with van der Waals surface area (Å²) >= 11 is 5.66. The second-order valence-corrected chi connectivity index (χ2v) is 4.64. The van der Waals surface area contributed by atoms with Gasteiger partial charge in [-0.15, -0.1) is 0 Å². The fourth-order valence-electron chi connectivity index (χ4n) is 1.64. The van der Waals surface area contributed by atoms with Gasteiger partial charge in [-0.1, -0.05) is 18.0 Å². The van der Waals surface area contributed by atoms with E-state index in [0.717, 1.165) is 12.8 Å². The van der Waals surface area contributed by atoms with Gasteiger partial charge in [-0.25, -0.2) is 4.39 Å². The zero-order chi connectivity index (χ0) is 14.3. The Bertz CT molecular complexity index is 472. The van der Waals surface area contributed by atoms with Crippen LogP contribution in [0.15, 0.2) is 24.3 Å². The summed E-state index contributed by atoms with van der Waals surface area (Å²) in [7, 11) is 0. The Labute approximate surface area is 116 Å². The predicted molar refractivity (Wildman–Crippen MR) is 72.9 cm³/mol. The van der Waals surface area contributed by atoms with E-state index in [-0.39, 0.29) is 17.7 Å². The summed E-state index contributed by atoms with van der Waals surface area (Å²) in [5.41, 5.74) is 0.120. The van der Waals surface area contributed by atoms with E-state index in [9.17, 15) is 14.3 Å². The van der Waals surface area contributed by atoms with Gasteiger partial charge in [0.15, 0.2) is 0 Å². The summed E-state index contributed by atoms with van der Waals surface area (Å²) in [6, 6.07) is 4.22. The molecule has 0 atom stereocenters. The molecule has 1 aromatic rings. The van der Waals surface area contributed by atoms with Crippen LogP contribution in [0.1, 0.15) is 37.7 Å². The van der Waals surface area contributed by atoms with Crippen LogP contribution in [0, 0.1) is 0 Å². The number of phenols is 1. The van der Waals surface area contributed by atoms with E-state index in [1.807, 2.05) is 0 Å². The standard InChI is InChI=1S/C14H16ClFO3/c15-10-7-8-11(13(17)9-10)12(16)5-3-1-2-4-6-14(18)19/h5,7-9,17H,1-4,6H2,(H,18,19)/b12-5+. The van der Waals surface area contributed by atoms with E-state index in [1.54, 1.807) is 0 Å². The number of aromatic hydroxyl groups is 1. The number of aliphatic carboxylic acids is 1. The zero-order valence-electron chi connectivity index (χ0n) is 10.4. The Hall–Kier alpha value is -1.55. The van der Waals surface area contributed by atoms with Crippen molar-refractivity contribution in [1.82, 2.24) is 0 Å². The van der Waals surface area contributed by atoms with E-state index in [2.05, 4.69) is 0 Å². The van der Waals surface area contributed by atoms with E-state index in [4.69, 9.17) is 16.7 Å². The molecule has 1 aromatic carbocycles. The number of carbonyl (C=O) groups is 1. The van der Waals surface area contributed by atoms with Gasteiger partial charge in [-0.05, 0) is 43.5 Å². The smallest absolute Gasteiger partial charge is 0.303 e. The first-order chi connectivity index (χ1) is 9.00. The first-order valence-corrected chi connectivity index (χ1v) is 6.45. The fraction of sp³-hybridized carbons (Fsp3) is 0.357. The van der Waals surface area contributed by atoms with Crippen molar-refractivity contribution in [1.29, 1.82) is 0 Å². The molecule has 0 unspecified atom stereocenters. The van der Waals surface area contributed by atoms with Crippen molar-refractivity contribution in [3.05, 3.63) is 34.9 Å². The molecule has 0 radical (unpaired) electrons. The van der Waals surface area contributed by atoms with E-state index >= 15 is 0 Å². The number of hydrogen-bond donors (Lipinski definition) is 2. The maximum absolute atomic E-state index is 13.7. The number of unbranched alkanes of at least 4 members (excludes halogenated alkanes) is 3. The van der Waals surface area contributed by atoms with Crippen molar-refractivity contribution in [2.45, 2.75) is 32.1 Å². The van der Waals surface area contributed by atoms with E-state index in [0.29, 0.717) is 17.9 Å². The summed E-state index contributed by atoms with van der Waals surface area (Å²) in [5, 5.41) is 18.3. The second kappa shape index (κ2) is 7.79. The summed E-state index contributed by atoms with van der Waals surface area (Å²) < 4.78 is 13.7. The summed E-state index contributed by atoms with van der Waals surface area (Å²) in [5.74, 6) is -1.49. The van der Waals surface area contributed by atoms with Gasteiger partial charge in [0.1, 0.15) is 11.6 Å². The van der Waals surface area contributed by atoms with Gasteiger partial charge < -0.3 is 10.2 Å². The third kappa shape index (κ3) is 5.75. The van der Waals surface area contributed by atoms with Gasteiger partial charge in [-0.2, -0.15) is 0 Å². The van der Waals surface area contributed by atoms with Crippen molar-refractivity contribution in [2.24, 2.45) is 0 Å². The molecule has 0 fully saturated rings. The number of allylic oxidation sites excluding steroid dienone is 1. The van der Waals surface area contributed by atoms with E-state index < -0.39 is 11.8 Å². The van der Waals surface area contributed by atoms with Gasteiger partial charge in [0.05, 0.1) is 5.56 Å². The van der Waals surface area contributed by atoms with Crippen molar-refractivity contribution in [2.75, 3.05) is 0 Å². The molecule has 104 valence electrons. The average Bonchev–Trinajstić information content (AvgIpc) is 2.32. The predicted octanol–water partition coefficient (Wildman–Crippen LogP) is 4.39. The largest absolute Gasteiger partial charge is 0.507 e. The minimum Gasteiger partial charge on any atom is -0.507 e. The number of carboxylic acids is 1. The van der Waals surface area contributed by atoms with Crippen LogP contribution >= 0.6 is 11.6 Å². The zero-order valence-corrected chi connectivity index (χ0v) is 11.2. The lowest BCUT2D eigenvalue weighted by Crippen LogP contribution is -1.93. The number of carboxylic acid groups (broad SMARTS) is 1. The molecule has 0 bridgehead atoms. The van der Waals surface area contributed by atoms with Gasteiger partial charge in [0.25, 0.3) is 0 Å². The Kier molecular flexibility index (Phi) is 6.36. The molecule has 2 N–H and O–H groups in total. The maximum atomic E-state index is 13.7. The Morgan fingerprint density at radius 3 is 2.68 bits per heavy atom. The first-order valence-electron chi connectivity index (χ1n) is 6.07. The molecule has 1 rings (SSSR count). The lowest BCUT2D eigenvalue weighted by molar-refractivity contribution is -0.137. The van der Waals surface area contributed by atoms with Crippen molar-refractivity contribution >= 4 is 23.4 Å². The van der Waals surface area contributed by atoms with Crippen LogP contribution in [0.4, 0.5) is 4.39 Å². The third-order valence-electron chi connectivity index (χ3n) is 2.64. The summed E-state index contributed by atoms with van der Waals surface area (Å²) in [6.45, 7) is 0. The number of phenolic OH excluding ortho intramolecular Hbond substituents is 1. The number of benzene rings is 1. The third-order valence-corrected chi connectivity index (χ3v) is 2.87. The van der Waals surface area contributed by atoms with Crippen LogP contribution in [-0.4, -0.2) is 16.2 Å². The topological polar surface area (TPSA) is 57.5 Å². The molecule has 0 amide bonds. The number of halogens is 2. The van der Waals surface area contributed by atoms with Gasteiger partial charge >= 0.3 is 5.97 Å². The Balaban J connectivity index is 2.42. The average molecular weight is 287 g/mol. The molecule has 0 heterocycles. The first kappa shape index (κ1) is 15.5. The highest BCUT2D eigenvalue weighted by atomic mass is 35.5. The van der Waals surface area contributed by atoms with Crippen molar-refractivity contribution in [3.63, 3.8) is 0 Å². The SMILES string of the molecule is O=C(O)CCCCC/C=C(/F)c1ccc(Cl)cc1O. The fourth-order valence-corrected chi connectivity index (χ4v) is 1.81. The highest BCUT2D eigenvalue weighted by molar-refractivity contribution is 6.30. The minimum atomic E-state index is -0.812. The molecule has 0 spiro atoms. The van der Waals surface area contributed by atoms with Crippen LogP contribution in [-0.2, 0) is 4.79 Å². The molecule has 19 heavy (non-hydrogen) atoms. The van der Waals surface area contributed by atoms with Crippen LogP contribution in [0.3, 0.4) is 0 Å². The molecule has 0 saturated heterocycles. The normalized spacial score (nSPS) is 11.6. The molecular weight excluding hydrogens is 271 g/mol. The Morgan fingerprint density at radius 1 is 1.32 bits per heavy atom. The van der Waals surface area contributed by atoms with Gasteiger partial charge in [0.2, 0.25) is 0 Å². The molecule has 0 aliphatic carbocycles. The maximum Gasteiger partial charge on any atom is 0.303 e. The van der Waals surface area contributed by atoms with Crippen molar-refractivity contribution in [3.8, 4) is 5.75 Å². The van der Waals surface area contributed by atoms with Crippen molar-refractivity contribution < 1.29 is 19.4 Å². The number of rotatable bonds is 7. The summed E-state index contributed by atoms with van der Waals surface area (Å²) in [4.78, 5) is 10.3. The quantitative estimate of drug-likeness (QED) is 0.731. The summed E-state index contributed by atoms with van der Waals surface area (Å²) in [6.07, 6.45) is 4.09. The lowest BCUT2D eigenvalue weighted by atomic mass is 10.1. The molecular formula is C14H16ClFO3.